The highest BCUT2D eigenvalue weighted by Crippen LogP contribution is 2.27. The number of hydrogen-bond acceptors (Lipinski definition) is 6. The van der Waals surface area contributed by atoms with Gasteiger partial charge in [-0.3, -0.25) is 14.4 Å². The first-order valence-electron chi connectivity index (χ1n) is 9.45. The molecule has 4 aromatic rings. The van der Waals surface area contributed by atoms with Crippen molar-refractivity contribution >= 4 is 49.7 Å². The van der Waals surface area contributed by atoms with Crippen molar-refractivity contribution in [3.05, 3.63) is 90.0 Å². The Bertz CT molecular complexity index is 1310. The third-order valence-electron chi connectivity index (χ3n) is 4.43. The van der Waals surface area contributed by atoms with E-state index < -0.39 is 22.5 Å². The highest BCUT2D eigenvalue weighted by atomic mass is 35.5. The molecule has 10 heteroatoms. The molecule has 32 heavy (non-hydrogen) atoms. The van der Waals surface area contributed by atoms with Gasteiger partial charge in [0.05, 0.1) is 10.6 Å². The van der Waals surface area contributed by atoms with Crippen LogP contribution in [0.25, 0.3) is 10.6 Å². The molecule has 0 aliphatic heterocycles. The van der Waals surface area contributed by atoms with E-state index in [0.29, 0.717) is 15.7 Å². The quantitative estimate of drug-likeness (QED) is 0.410. The van der Waals surface area contributed by atoms with Crippen molar-refractivity contribution in [2.75, 3.05) is 16.2 Å². The number of nitrogens with zero attached hydrogens (tertiary/aromatic N) is 3. The molecule has 0 spiro atoms. The molecule has 0 radical (unpaired) electrons. The summed E-state index contributed by atoms with van der Waals surface area (Å²) in [6, 6.07) is 23.6. The summed E-state index contributed by atoms with van der Waals surface area (Å²) < 4.78 is 27.6. The molecule has 162 valence electrons. The lowest BCUT2D eigenvalue weighted by atomic mass is 10.2. The molecule has 3 aromatic carbocycles. The molecule has 7 nitrogen and oxygen atoms in total. The van der Waals surface area contributed by atoms with Gasteiger partial charge in [0, 0.05) is 10.6 Å². The third-order valence-corrected chi connectivity index (χ3v) is 7.35. The van der Waals surface area contributed by atoms with E-state index in [-0.39, 0.29) is 10.0 Å². The maximum atomic E-state index is 13.3. The Labute approximate surface area is 194 Å². The van der Waals surface area contributed by atoms with Crippen LogP contribution in [0.3, 0.4) is 0 Å². The van der Waals surface area contributed by atoms with Gasteiger partial charge in [-0.05, 0) is 36.4 Å². The minimum absolute atomic E-state index is 0.0741. The zero-order valence-corrected chi connectivity index (χ0v) is 18.9. The van der Waals surface area contributed by atoms with Crippen molar-refractivity contribution in [2.45, 2.75) is 4.90 Å². The number of sulfonamides is 1. The van der Waals surface area contributed by atoms with E-state index in [1.54, 1.807) is 42.5 Å². The third kappa shape index (κ3) is 4.96. The molecular weight excluding hydrogens is 468 g/mol. The van der Waals surface area contributed by atoms with Crippen LogP contribution in [0.4, 0.5) is 10.8 Å². The zero-order valence-electron chi connectivity index (χ0n) is 16.6. The number of nitrogens with one attached hydrogen (secondary N) is 1. The summed E-state index contributed by atoms with van der Waals surface area (Å²) in [5.41, 5.74) is 1.19. The number of aromatic nitrogens is 2. The van der Waals surface area contributed by atoms with Crippen LogP contribution in [0.5, 0.6) is 0 Å². The van der Waals surface area contributed by atoms with Crippen molar-refractivity contribution in [3.63, 3.8) is 0 Å². The van der Waals surface area contributed by atoms with E-state index in [1.165, 1.54) is 23.5 Å². The molecule has 0 saturated heterocycles. The Morgan fingerprint density at radius 3 is 2.19 bits per heavy atom. The molecule has 0 saturated carbocycles. The van der Waals surface area contributed by atoms with Crippen molar-refractivity contribution in [2.24, 2.45) is 0 Å². The van der Waals surface area contributed by atoms with Crippen LogP contribution in [0.15, 0.2) is 89.8 Å². The lowest BCUT2D eigenvalue weighted by Gasteiger charge is -2.24. The molecular formula is C22H17ClN4O3S2. The second-order valence-electron chi connectivity index (χ2n) is 6.63. The van der Waals surface area contributed by atoms with Gasteiger partial charge < -0.3 is 0 Å². The Balaban J connectivity index is 1.58. The van der Waals surface area contributed by atoms with Gasteiger partial charge in [-0.15, -0.1) is 10.2 Å². The Morgan fingerprint density at radius 2 is 1.53 bits per heavy atom. The van der Waals surface area contributed by atoms with Crippen molar-refractivity contribution < 1.29 is 13.2 Å². The van der Waals surface area contributed by atoms with Gasteiger partial charge in [-0.2, -0.15) is 0 Å². The zero-order chi connectivity index (χ0) is 22.6. The SMILES string of the molecule is O=C(CN(c1ccc(Cl)cc1)S(=O)(=O)c1ccccc1)Nc1nnc(-c2ccccc2)s1. The minimum Gasteiger partial charge on any atom is -0.299 e. The fourth-order valence-electron chi connectivity index (χ4n) is 2.90. The van der Waals surface area contributed by atoms with Gasteiger partial charge in [0.2, 0.25) is 11.0 Å². The summed E-state index contributed by atoms with van der Waals surface area (Å²) in [6.45, 7) is -0.445. The summed E-state index contributed by atoms with van der Waals surface area (Å²) in [4.78, 5) is 12.9. The topological polar surface area (TPSA) is 92.3 Å². The maximum absolute atomic E-state index is 13.3. The highest BCUT2D eigenvalue weighted by molar-refractivity contribution is 7.92. The summed E-state index contributed by atoms with van der Waals surface area (Å²) in [5, 5.41) is 12.1. The van der Waals surface area contributed by atoms with E-state index in [1.807, 2.05) is 30.3 Å². The monoisotopic (exact) mass is 484 g/mol. The van der Waals surface area contributed by atoms with Crippen molar-refractivity contribution in [1.29, 1.82) is 0 Å². The van der Waals surface area contributed by atoms with Crippen LogP contribution in [-0.2, 0) is 14.8 Å². The van der Waals surface area contributed by atoms with Crippen LogP contribution < -0.4 is 9.62 Å². The average Bonchev–Trinajstić information content (AvgIpc) is 3.28. The van der Waals surface area contributed by atoms with Gasteiger partial charge in [0.15, 0.2) is 0 Å². The molecule has 0 unspecified atom stereocenters. The number of amides is 1. The number of carbonyl (C=O) groups excluding carboxylic acids is 1. The summed E-state index contributed by atoms with van der Waals surface area (Å²) in [7, 11) is -4.00. The summed E-state index contributed by atoms with van der Waals surface area (Å²) >= 11 is 7.16. The van der Waals surface area contributed by atoms with E-state index in [0.717, 1.165) is 9.87 Å². The number of anilines is 2. The van der Waals surface area contributed by atoms with E-state index in [2.05, 4.69) is 15.5 Å². The molecule has 4 rings (SSSR count). The van der Waals surface area contributed by atoms with E-state index in [9.17, 15) is 13.2 Å². The Kier molecular flexibility index (Phi) is 6.50. The fraction of sp³-hybridized carbons (Fsp3) is 0.0455. The highest BCUT2D eigenvalue weighted by Gasteiger charge is 2.27. The smallest absolute Gasteiger partial charge is 0.264 e. The fourth-order valence-corrected chi connectivity index (χ4v) is 5.24. The van der Waals surface area contributed by atoms with Crippen LogP contribution >= 0.6 is 22.9 Å². The van der Waals surface area contributed by atoms with E-state index in [4.69, 9.17) is 11.6 Å². The molecule has 0 bridgehead atoms. The maximum Gasteiger partial charge on any atom is 0.264 e. The van der Waals surface area contributed by atoms with Crippen LogP contribution in [0, 0.1) is 0 Å². The van der Waals surface area contributed by atoms with Gasteiger partial charge in [-0.1, -0.05) is 71.5 Å². The number of benzene rings is 3. The standard InChI is InChI=1S/C22H17ClN4O3S2/c23-17-11-13-18(14-12-17)27(32(29,30)19-9-5-2-6-10-19)15-20(28)24-22-26-25-21(31-22)16-7-3-1-4-8-16/h1-14H,15H2,(H,24,26,28). The molecule has 0 aliphatic carbocycles. The largest absolute Gasteiger partial charge is 0.299 e. The average molecular weight is 485 g/mol. The normalized spacial score (nSPS) is 11.2. The van der Waals surface area contributed by atoms with Crippen molar-refractivity contribution in [3.8, 4) is 10.6 Å². The molecule has 0 atom stereocenters. The first-order chi connectivity index (χ1) is 15.4. The Morgan fingerprint density at radius 1 is 0.906 bits per heavy atom. The minimum atomic E-state index is -4.00. The summed E-state index contributed by atoms with van der Waals surface area (Å²) in [5.74, 6) is -0.546. The molecule has 1 amide bonds. The first kappa shape index (κ1) is 21.9. The number of carbonyl (C=O) groups is 1. The summed E-state index contributed by atoms with van der Waals surface area (Å²) in [6.07, 6.45) is 0. The molecule has 1 N–H and O–H groups in total. The van der Waals surface area contributed by atoms with Crippen LogP contribution in [0.1, 0.15) is 0 Å². The van der Waals surface area contributed by atoms with Gasteiger partial charge >= 0.3 is 0 Å². The lowest BCUT2D eigenvalue weighted by molar-refractivity contribution is -0.114. The Hall–Kier alpha value is -3.27. The van der Waals surface area contributed by atoms with Gasteiger partial charge in [-0.25, -0.2) is 8.42 Å². The molecule has 0 aliphatic rings. The number of halogens is 1. The first-order valence-corrected chi connectivity index (χ1v) is 12.1. The predicted molar refractivity (Wildman–Crippen MR) is 126 cm³/mol. The van der Waals surface area contributed by atoms with E-state index >= 15 is 0 Å². The molecule has 1 heterocycles. The van der Waals surface area contributed by atoms with Crippen molar-refractivity contribution in [1.82, 2.24) is 10.2 Å². The lowest BCUT2D eigenvalue weighted by Crippen LogP contribution is -2.38. The number of rotatable bonds is 7. The van der Waals surface area contributed by atoms with Gasteiger partial charge in [0.1, 0.15) is 11.6 Å². The van der Waals surface area contributed by atoms with Crippen LogP contribution in [-0.4, -0.2) is 31.1 Å². The van der Waals surface area contributed by atoms with Crippen LogP contribution in [0.2, 0.25) is 5.02 Å². The second-order valence-corrected chi connectivity index (χ2v) is 9.90. The molecule has 1 aromatic heterocycles. The number of hydrogen-bond donors (Lipinski definition) is 1. The van der Waals surface area contributed by atoms with Gasteiger partial charge in [0.25, 0.3) is 10.0 Å². The molecule has 0 fully saturated rings. The predicted octanol–water partition coefficient (Wildman–Crippen LogP) is 4.69. The second kappa shape index (κ2) is 9.47.